The van der Waals surface area contributed by atoms with Gasteiger partial charge in [-0.05, 0) is 93.5 Å². The molecular formula is C26H32BrNO2. The van der Waals surface area contributed by atoms with Gasteiger partial charge in [-0.3, -0.25) is 4.90 Å². The Morgan fingerprint density at radius 2 is 1.97 bits per heavy atom. The third-order valence-electron chi connectivity index (χ3n) is 7.48. The topological polar surface area (TPSA) is 29.5 Å². The largest absolute Gasteiger partial charge is 0.462 e. The highest BCUT2D eigenvalue weighted by molar-refractivity contribution is 9.10. The van der Waals surface area contributed by atoms with Gasteiger partial charge in [-0.25, -0.2) is 4.79 Å². The van der Waals surface area contributed by atoms with Crippen molar-refractivity contribution in [1.82, 2.24) is 4.90 Å². The van der Waals surface area contributed by atoms with E-state index in [9.17, 15) is 4.79 Å². The van der Waals surface area contributed by atoms with Crippen LogP contribution in [-0.2, 0) is 4.74 Å². The zero-order valence-corrected chi connectivity index (χ0v) is 19.2. The molecular weight excluding hydrogens is 438 g/mol. The smallest absolute Gasteiger partial charge is 0.338 e. The number of halogens is 1. The predicted molar refractivity (Wildman–Crippen MR) is 124 cm³/mol. The van der Waals surface area contributed by atoms with Crippen LogP contribution >= 0.6 is 15.9 Å². The van der Waals surface area contributed by atoms with Crippen molar-refractivity contribution in [3.63, 3.8) is 0 Å². The number of nitrogens with zero attached hydrogens (tertiary/aromatic N) is 1. The van der Waals surface area contributed by atoms with Crippen LogP contribution in [0.3, 0.4) is 0 Å². The van der Waals surface area contributed by atoms with Gasteiger partial charge in [-0.1, -0.05) is 34.3 Å². The molecule has 2 saturated heterocycles. The molecule has 3 aliphatic rings. The molecule has 2 heterocycles. The van der Waals surface area contributed by atoms with E-state index in [1.54, 1.807) is 0 Å². The van der Waals surface area contributed by atoms with Crippen LogP contribution in [0.4, 0.5) is 0 Å². The molecule has 5 atom stereocenters. The Kier molecular flexibility index (Phi) is 7.33. The van der Waals surface area contributed by atoms with Gasteiger partial charge in [-0.15, -0.1) is 6.42 Å². The molecule has 30 heavy (non-hydrogen) atoms. The molecule has 0 amide bonds. The molecule has 0 bridgehead atoms. The summed E-state index contributed by atoms with van der Waals surface area (Å²) in [5.41, 5.74) is 0.621. The van der Waals surface area contributed by atoms with Gasteiger partial charge in [0.05, 0.1) is 12.2 Å². The van der Waals surface area contributed by atoms with Crippen molar-refractivity contribution in [1.29, 1.82) is 0 Å². The Bertz CT molecular complexity index is 796. The highest BCUT2D eigenvalue weighted by atomic mass is 79.9. The van der Waals surface area contributed by atoms with E-state index < -0.39 is 0 Å². The van der Waals surface area contributed by atoms with Crippen LogP contribution in [0, 0.1) is 24.2 Å². The number of hydrogen-bond donors (Lipinski definition) is 0. The van der Waals surface area contributed by atoms with Crippen molar-refractivity contribution < 1.29 is 9.53 Å². The number of carbonyl (C=O) groups excluding carboxylic acids is 1. The van der Waals surface area contributed by atoms with E-state index in [0.29, 0.717) is 24.3 Å². The lowest BCUT2D eigenvalue weighted by Crippen LogP contribution is -2.54. The maximum absolute atomic E-state index is 12.3. The first kappa shape index (κ1) is 21.7. The van der Waals surface area contributed by atoms with Crippen LogP contribution < -0.4 is 0 Å². The fourth-order valence-electron chi connectivity index (χ4n) is 6.18. The van der Waals surface area contributed by atoms with E-state index >= 15 is 0 Å². The number of hydrogen-bond acceptors (Lipinski definition) is 3. The van der Waals surface area contributed by atoms with Gasteiger partial charge in [0.2, 0.25) is 0 Å². The summed E-state index contributed by atoms with van der Waals surface area (Å²) >= 11 is 3.40. The quantitative estimate of drug-likeness (QED) is 0.378. The number of fused-ring (bicyclic) bond motifs is 3. The molecule has 4 heteroatoms. The molecule has 0 aromatic heterocycles. The summed E-state index contributed by atoms with van der Waals surface area (Å²) in [6, 6.07) is 9.37. The second-order valence-electron chi connectivity index (χ2n) is 9.07. The summed E-state index contributed by atoms with van der Waals surface area (Å²) in [5.74, 6) is 3.98. The normalized spacial score (nSPS) is 31.1. The van der Waals surface area contributed by atoms with Gasteiger partial charge in [0, 0.05) is 22.6 Å². The highest BCUT2D eigenvalue weighted by Crippen LogP contribution is 2.47. The van der Waals surface area contributed by atoms with Crippen molar-refractivity contribution in [3.05, 3.63) is 46.5 Å². The number of allylic oxidation sites excluding steroid dienone is 2. The number of ether oxygens (including phenoxy) is 1. The molecule has 3 fully saturated rings. The number of benzene rings is 1. The van der Waals surface area contributed by atoms with Gasteiger partial charge >= 0.3 is 5.97 Å². The van der Waals surface area contributed by atoms with Crippen molar-refractivity contribution >= 4 is 21.9 Å². The maximum atomic E-state index is 12.3. The first-order valence-electron chi connectivity index (χ1n) is 11.5. The molecule has 3 nitrogen and oxygen atoms in total. The molecule has 160 valence electrons. The molecule has 4 rings (SSSR count). The lowest BCUT2D eigenvalue weighted by atomic mass is 9.69. The summed E-state index contributed by atoms with van der Waals surface area (Å²) in [4.78, 5) is 15.2. The fraction of sp³-hybridized carbons (Fsp3) is 0.577. The number of terminal acetylenes is 1. The number of piperidine rings is 1. The molecule has 1 aromatic carbocycles. The summed E-state index contributed by atoms with van der Waals surface area (Å²) in [7, 11) is 0. The van der Waals surface area contributed by atoms with E-state index in [2.05, 4.69) is 32.8 Å². The first-order valence-corrected chi connectivity index (χ1v) is 12.3. The van der Waals surface area contributed by atoms with E-state index in [-0.39, 0.29) is 5.97 Å². The van der Waals surface area contributed by atoms with E-state index in [0.717, 1.165) is 35.2 Å². The van der Waals surface area contributed by atoms with Crippen LogP contribution in [0.25, 0.3) is 0 Å². The molecule has 0 N–H and O–H groups in total. The molecule has 0 radical (unpaired) electrons. The van der Waals surface area contributed by atoms with E-state index in [4.69, 9.17) is 11.2 Å². The lowest BCUT2D eigenvalue weighted by molar-refractivity contribution is -0.0182. The summed E-state index contributed by atoms with van der Waals surface area (Å²) in [6.07, 6.45) is 20.8. The predicted octanol–water partition coefficient (Wildman–Crippen LogP) is 5.99. The van der Waals surface area contributed by atoms with Gasteiger partial charge < -0.3 is 4.74 Å². The van der Waals surface area contributed by atoms with Gasteiger partial charge in [0.25, 0.3) is 0 Å². The lowest BCUT2D eigenvalue weighted by Gasteiger charge is -2.51. The summed E-state index contributed by atoms with van der Waals surface area (Å²) in [6.45, 7) is 0.508. The van der Waals surface area contributed by atoms with Crippen molar-refractivity contribution in [2.75, 3.05) is 6.61 Å². The van der Waals surface area contributed by atoms with Crippen LogP contribution in [0.5, 0.6) is 0 Å². The first-order chi connectivity index (χ1) is 14.7. The van der Waals surface area contributed by atoms with Crippen LogP contribution in [-0.4, -0.2) is 35.6 Å². The Labute approximate surface area is 189 Å². The Morgan fingerprint density at radius 3 is 2.77 bits per heavy atom. The fourth-order valence-corrected chi connectivity index (χ4v) is 6.45. The standard InChI is InChI=1S/C26H32BrNO2/c1-2-3-4-6-19-7-5-8-25-24(19)16-15-22-13-14-23(28(22)25)17-18-30-26(29)20-9-11-21(27)12-10-20/h1,3-4,9-12,19,22-25H,5-8,13-18H2/b4-3+. The molecule has 1 aromatic rings. The minimum absolute atomic E-state index is 0.216. The average molecular weight is 470 g/mol. The number of esters is 1. The number of carbonyl (C=O) groups is 1. The maximum Gasteiger partial charge on any atom is 0.338 e. The molecule has 0 spiro atoms. The second kappa shape index (κ2) is 10.2. The SMILES string of the molecule is C#C/C=C/CC1CCCC2C1CCC1CCC(CCOC(=O)c3ccc(Br)cc3)N12. The zero-order chi connectivity index (χ0) is 20.9. The second-order valence-corrected chi connectivity index (χ2v) is 9.98. The van der Waals surface area contributed by atoms with E-state index in [1.807, 2.05) is 30.3 Å². The average Bonchev–Trinajstić information content (AvgIpc) is 3.18. The van der Waals surface area contributed by atoms with Gasteiger partial charge in [0.1, 0.15) is 0 Å². The van der Waals surface area contributed by atoms with Crippen LogP contribution in [0.1, 0.15) is 68.1 Å². The Hall–Kier alpha value is -1.57. The van der Waals surface area contributed by atoms with Crippen molar-refractivity contribution in [3.8, 4) is 12.3 Å². The summed E-state index contributed by atoms with van der Waals surface area (Å²) in [5, 5.41) is 0. The third kappa shape index (κ3) is 4.84. The van der Waals surface area contributed by atoms with Crippen LogP contribution in [0.2, 0.25) is 0 Å². The number of rotatable bonds is 6. The summed E-state index contributed by atoms with van der Waals surface area (Å²) < 4.78 is 6.59. The van der Waals surface area contributed by atoms with Crippen molar-refractivity contribution in [2.45, 2.75) is 75.9 Å². The third-order valence-corrected chi connectivity index (χ3v) is 8.01. The Morgan fingerprint density at radius 1 is 1.17 bits per heavy atom. The van der Waals surface area contributed by atoms with Gasteiger partial charge in [-0.2, -0.15) is 0 Å². The van der Waals surface area contributed by atoms with E-state index in [1.165, 1.54) is 44.9 Å². The molecule has 1 saturated carbocycles. The minimum Gasteiger partial charge on any atom is -0.462 e. The van der Waals surface area contributed by atoms with Gasteiger partial charge in [0.15, 0.2) is 0 Å². The zero-order valence-electron chi connectivity index (χ0n) is 17.6. The Balaban J connectivity index is 1.34. The highest BCUT2D eigenvalue weighted by Gasteiger charge is 2.47. The molecule has 1 aliphatic carbocycles. The molecule has 2 aliphatic heterocycles. The van der Waals surface area contributed by atoms with Crippen molar-refractivity contribution in [2.24, 2.45) is 11.8 Å². The van der Waals surface area contributed by atoms with Crippen LogP contribution in [0.15, 0.2) is 40.9 Å². The molecule has 5 unspecified atom stereocenters. The minimum atomic E-state index is -0.216. The monoisotopic (exact) mass is 469 g/mol.